The van der Waals surface area contributed by atoms with Crippen molar-refractivity contribution in [3.63, 3.8) is 0 Å². The Morgan fingerprint density at radius 1 is 1.00 bits per heavy atom. The maximum absolute atomic E-state index is 12.9. The highest BCUT2D eigenvalue weighted by Gasteiger charge is 2.47. The van der Waals surface area contributed by atoms with Crippen LogP contribution in [0.3, 0.4) is 0 Å². The highest BCUT2D eigenvalue weighted by Crippen LogP contribution is 2.42. The monoisotopic (exact) mass is 430 g/mol. The van der Waals surface area contributed by atoms with Crippen LogP contribution in [0.2, 0.25) is 10.0 Å². The number of benzene rings is 2. The molecule has 0 saturated carbocycles. The standard InChI is InChI=1S/C20H12Cl2N2O3S/c21-13-5-1-11(2-6-13)16-15(17(25)12-3-7-14(22)8-4-12)18(26)19(27)24(16)20-23-9-10-28-20/h1-10,16,25H/t16-/m0/s1. The lowest BCUT2D eigenvalue weighted by atomic mass is 9.95. The van der Waals surface area contributed by atoms with Crippen molar-refractivity contribution in [1.82, 2.24) is 4.98 Å². The van der Waals surface area contributed by atoms with Crippen LogP contribution in [0.4, 0.5) is 5.13 Å². The number of ketones is 1. The molecular weight excluding hydrogens is 419 g/mol. The number of rotatable bonds is 3. The Morgan fingerprint density at radius 3 is 2.18 bits per heavy atom. The Bertz CT molecular complexity index is 1080. The number of anilines is 1. The van der Waals surface area contributed by atoms with Gasteiger partial charge in [0.25, 0.3) is 5.78 Å². The third-order valence-electron chi connectivity index (χ3n) is 4.37. The molecule has 1 fully saturated rings. The molecule has 5 nitrogen and oxygen atoms in total. The number of aliphatic hydroxyl groups excluding tert-OH is 1. The molecule has 2 heterocycles. The second-order valence-corrected chi connectivity index (χ2v) is 7.79. The Labute approximate surface area is 174 Å². The van der Waals surface area contributed by atoms with Crippen molar-refractivity contribution in [2.45, 2.75) is 6.04 Å². The lowest BCUT2D eigenvalue weighted by molar-refractivity contribution is -0.132. The average Bonchev–Trinajstić information content (AvgIpc) is 3.30. The van der Waals surface area contributed by atoms with Crippen molar-refractivity contribution in [2.24, 2.45) is 0 Å². The maximum Gasteiger partial charge on any atom is 0.301 e. The summed E-state index contributed by atoms with van der Waals surface area (Å²) in [5.41, 5.74) is 1.01. The summed E-state index contributed by atoms with van der Waals surface area (Å²) in [7, 11) is 0. The SMILES string of the molecule is O=C1C(=O)N(c2nccs2)[C@@H](c2ccc(Cl)cc2)C1=C(O)c1ccc(Cl)cc1. The Morgan fingerprint density at radius 2 is 1.61 bits per heavy atom. The first-order valence-electron chi connectivity index (χ1n) is 8.19. The molecule has 0 unspecified atom stereocenters. The molecular formula is C20H12Cl2N2O3S. The van der Waals surface area contributed by atoms with Gasteiger partial charge in [-0.1, -0.05) is 35.3 Å². The molecule has 1 amide bonds. The lowest BCUT2D eigenvalue weighted by Gasteiger charge is -2.23. The molecule has 140 valence electrons. The second kappa shape index (κ2) is 7.39. The molecule has 1 N–H and O–H groups in total. The highest BCUT2D eigenvalue weighted by molar-refractivity contribution is 7.14. The van der Waals surface area contributed by atoms with Crippen LogP contribution in [0.15, 0.2) is 65.7 Å². The van der Waals surface area contributed by atoms with Gasteiger partial charge in [-0.05, 0) is 42.0 Å². The zero-order valence-electron chi connectivity index (χ0n) is 14.2. The third-order valence-corrected chi connectivity index (χ3v) is 5.65. The Balaban J connectivity index is 1.93. The third kappa shape index (κ3) is 3.20. The number of carbonyl (C=O) groups excluding carboxylic acids is 2. The minimum atomic E-state index is -0.820. The number of aromatic nitrogens is 1. The fourth-order valence-corrected chi connectivity index (χ4v) is 4.01. The number of aliphatic hydroxyl groups is 1. The predicted molar refractivity (Wildman–Crippen MR) is 110 cm³/mol. The van der Waals surface area contributed by atoms with E-state index in [0.717, 1.165) is 0 Å². The van der Waals surface area contributed by atoms with Crippen molar-refractivity contribution >= 4 is 57.1 Å². The first-order valence-corrected chi connectivity index (χ1v) is 9.83. The molecule has 0 spiro atoms. The van der Waals surface area contributed by atoms with Gasteiger partial charge in [0, 0.05) is 27.2 Å². The summed E-state index contributed by atoms with van der Waals surface area (Å²) in [6.07, 6.45) is 1.55. The fourth-order valence-electron chi connectivity index (χ4n) is 3.09. The van der Waals surface area contributed by atoms with E-state index in [1.165, 1.54) is 16.2 Å². The summed E-state index contributed by atoms with van der Waals surface area (Å²) in [5, 5.41) is 14.0. The van der Waals surface area contributed by atoms with Gasteiger partial charge in [-0.15, -0.1) is 11.3 Å². The Hall–Kier alpha value is -2.67. The van der Waals surface area contributed by atoms with Crippen molar-refractivity contribution in [2.75, 3.05) is 4.90 Å². The fraction of sp³-hybridized carbons (Fsp3) is 0.0500. The van der Waals surface area contributed by atoms with Gasteiger partial charge < -0.3 is 5.11 Å². The summed E-state index contributed by atoms with van der Waals surface area (Å²) >= 11 is 13.1. The van der Waals surface area contributed by atoms with E-state index in [9.17, 15) is 14.7 Å². The van der Waals surface area contributed by atoms with Gasteiger partial charge >= 0.3 is 5.91 Å². The zero-order chi connectivity index (χ0) is 19.8. The minimum Gasteiger partial charge on any atom is -0.507 e. The molecule has 3 aromatic rings. The van der Waals surface area contributed by atoms with Crippen LogP contribution in [-0.2, 0) is 9.59 Å². The van der Waals surface area contributed by atoms with Gasteiger partial charge in [0.05, 0.1) is 11.6 Å². The van der Waals surface area contributed by atoms with Crippen LogP contribution < -0.4 is 4.90 Å². The van der Waals surface area contributed by atoms with Crippen LogP contribution in [0.5, 0.6) is 0 Å². The molecule has 1 aromatic heterocycles. The van der Waals surface area contributed by atoms with Crippen molar-refractivity contribution in [3.05, 3.63) is 86.9 Å². The van der Waals surface area contributed by atoms with Crippen LogP contribution in [0.25, 0.3) is 5.76 Å². The van der Waals surface area contributed by atoms with Gasteiger partial charge in [0.1, 0.15) is 5.76 Å². The van der Waals surface area contributed by atoms with Gasteiger partial charge in [0.15, 0.2) is 5.13 Å². The number of thiazole rings is 1. The van der Waals surface area contributed by atoms with Crippen molar-refractivity contribution < 1.29 is 14.7 Å². The first kappa shape index (κ1) is 18.7. The van der Waals surface area contributed by atoms with Crippen molar-refractivity contribution in [3.8, 4) is 0 Å². The van der Waals surface area contributed by atoms with Crippen LogP contribution in [-0.4, -0.2) is 21.8 Å². The van der Waals surface area contributed by atoms with E-state index in [1.54, 1.807) is 60.1 Å². The molecule has 8 heteroatoms. The average molecular weight is 431 g/mol. The van der Waals surface area contributed by atoms with Crippen LogP contribution in [0.1, 0.15) is 17.2 Å². The lowest BCUT2D eigenvalue weighted by Crippen LogP contribution is -2.29. The van der Waals surface area contributed by atoms with Gasteiger partial charge in [-0.3, -0.25) is 14.5 Å². The van der Waals surface area contributed by atoms with Crippen molar-refractivity contribution in [1.29, 1.82) is 0 Å². The molecule has 4 rings (SSSR count). The van der Waals surface area contributed by atoms with E-state index >= 15 is 0 Å². The number of carbonyl (C=O) groups is 2. The van der Waals surface area contributed by atoms with Crippen LogP contribution >= 0.6 is 34.5 Å². The summed E-state index contributed by atoms with van der Waals surface area (Å²) in [6.45, 7) is 0. The zero-order valence-corrected chi connectivity index (χ0v) is 16.5. The van der Waals surface area contributed by atoms with Crippen LogP contribution in [0, 0.1) is 0 Å². The summed E-state index contributed by atoms with van der Waals surface area (Å²) in [4.78, 5) is 31.1. The number of halogens is 2. The summed E-state index contributed by atoms with van der Waals surface area (Å²) in [5.74, 6) is -1.79. The molecule has 1 aliphatic heterocycles. The number of hydrogen-bond acceptors (Lipinski definition) is 5. The van der Waals surface area contributed by atoms with E-state index in [-0.39, 0.29) is 11.3 Å². The maximum atomic E-state index is 12.9. The normalized spacial score (nSPS) is 18.6. The summed E-state index contributed by atoms with van der Waals surface area (Å²) in [6, 6.07) is 12.3. The largest absolute Gasteiger partial charge is 0.507 e. The smallest absolute Gasteiger partial charge is 0.301 e. The molecule has 0 aliphatic carbocycles. The van der Waals surface area contributed by atoms with E-state index in [1.807, 2.05) is 0 Å². The molecule has 0 bridgehead atoms. The van der Waals surface area contributed by atoms with E-state index in [4.69, 9.17) is 23.2 Å². The Kier molecular flexibility index (Phi) is 4.93. The number of amides is 1. The van der Waals surface area contributed by atoms with E-state index in [0.29, 0.717) is 26.3 Å². The molecule has 28 heavy (non-hydrogen) atoms. The number of Topliss-reactive ketones (excluding diaryl/α,β-unsaturated/α-hetero) is 1. The molecule has 1 atom stereocenters. The predicted octanol–water partition coefficient (Wildman–Crippen LogP) is 5.08. The summed E-state index contributed by atoms with van der Waals surface area (Å²) < 4.78 is 0. The minimum absolute atomic E-state index is 0.00940. The second-order valence-electron chi connectivity index (χ2n) is 6.04. The number of nitrogens with zero attached hydrogens (tertiary/aromatic N) is 2. The quantitative estimate of drug-likeness (QED) is 0.357. The highest BCUT2D eigenvalue weighted by atomic mass is 35.5. The molecule has 1 aliphatic rings. The molecule has 2 aromatic carbocycles. The van der Waals surface area contributed by atoms with Gasteiger partial charge in [-0.25, -0.2) is 4.98 Å². The first-order chi connectivity index (χ1) is 13.5. The van der Waals surface area contributed by atoms with Gasteiger partial charge in [0.2, 0.25) is 0 Å². The number of hydrogen-bond donors (Lipinski definition) is 1. The van der Waals surface area contributed by atoms with Gasteiger partial charge in [-0.2, -0.15) is 0 Å². The van der Waals surface area contributed by atoms with E-state index < -0.39 is 17.7 Å². The molecule has 0 radical (unpaired) electrons. The van der Waals surface area contributed by atoms with E-state index in [2.05, 4.69) is 4.98 Å². The molecule has 1 saturated heterocycles. The topological polar surface area (TPSA) is 70.5 Å².